The highest BCUT2D eigenvalue weighted by Crippen LogP contribution is 2.30. The Morgan fingerprint density at radius 2 is 2.14 bits per heavy atom. The number of para-hydroxylation sites is 1. The average molecular weight is 213 g/mol. The molecule has 0 saturated heterocycles. The first-order valence-electron chi connectivity index (χ1n) is 4.92. The summed E-state index contributed by atoms with van der Waals surface area (Å²) in [5.74, 6) is 0. The van der Waals surface area contributed by atoms with Crippen molar-refractivity contribution in [1.29, 1.82) is 0 Å². The van der Waals surface area contributed by atoms with Crippen LogP contribution in [0.1, 0.15) is 19.8 Å². The van der Waals surface area contributed by atoms with Crippen molar-refractivity contribution in [2.75, 3.05) is 24.2 Å². The molecule has 78 valence electrons. The number of nitrogens with zero attached hydrogens (tertiary/aromatic N) is 1. The summed E-state index contributed by atoms with van der Waals surface area (Å²) in [5.41, 5.74) is 7.56. The summed E-state index contributed by atoms with van der Waals surface area (Å²) in [6, 6.07) is 5.62. The van der Waals surface area contributed by atoms with E-state index in [-0.39, 0.29) is 0 Å². The van der Waals surface area contributed by atoms with Crippen molar-refractivity contribution in [2.45, 2.75) is 19.8 Å². The number of anilines is 2. The van der Waals surface area contributed by atoms with Gasteiger partial charge >= 0.3 is 0 Å². The van der Waals surface area contributed by atoms with Crippen molar-refractivity contribution in [3.05, 3.63) is 23.2 Å². The van der Waals surface area contributed by atoms with E-state index in [0.717, 1.165) is 29.4 Å². The third kappa shape index (κ3) is 2.55. The Labute approximate surface area is 90.7 Å². The SMILES string of the molecule is CCCCN(C)c1c(N)cccc1Cl. The van der Waals surface area contributed by atoms with E-state index in [9.17, 15) is 0 Å². The van der Waals surface area contributed by atoms with Gasteiger partial charge in [-0.15, -0.1) is 0 Å². The van der Waals surface area contributed by atoms with Crippen LogP contribution in [0.2, 0.25) is 5.02 Å². The van der Waals surface area contributed by atoms with Crippen LogP contribution in [0.4, 0.5) is 11.4 Å². The molecule has 1 aromatic rings. The molecular weight excluding hydrogens is 196 g/mol. The van der Waals surface area contributed by atoms with Crippen molar-refractivity contribution in [3.8, 4) is 0 Å². The zero-order valence-electron chi connectivity index (χ0n) is 8.76. The molecule has 0 atom stereocenters. The topological polar surface area (TPSA) is 29.3 Å². The summed E-state index contributed by atoms with van der Waals surface area (Å²) in [6.07, 6.45) is 2.33. The van der Waals surface area contributed by atoms with Gasteiger partial charge in [0, 0.05) is 13.6 Å². The first-order chi connectivity index (χ1) is 6.66. The van der Waals surface area contributed by atoms with Gasteiger partial charge in [0.25, 0.3) is 0 Å². The Hall–Kier alpha value is -0.890. The summed E-state index contributed by atoms with van der Waals surface area (Å²) in [4.78, 5) is 2.11. The van der Waals surface area contributed by atoms with E-state index in [0.29, 0.717) is 0 Å². The van der Waals surface area contributed by atoms with E-state index in [4.69, 9.17) is 17.3 Å². The largest absolute Gasteiger partial charge is 0.397 e. The second kappa shape index (κ2) is 5.11. The first kappa shape index (κ1) is 11.2. The Kier molecular flexibility index (Phi) is 4.08. The van der Waals surface area contributed by atoms with Gasteiger partial charge in [-0.2, -0.15) is 0 Å². The Balaban J connectivity index is 2.82. The minimum atomic E-state index is 0.726. The van der Waals surface area contributed by atoms with Crippen LogP contribution in [-0.4, -0.2) is 13.6 Å². The number of rotatable bonds is 4. The molecule has 0 fully saturated rings. The molecule has 0 spiro atoms. The monoisotopic (exact) mass is 212 g/mol. The number of nitrogens with two attached hydrogens (primary N) is 1. The van der Waals surface area contributed by atoms with Crippen LogP contribution < -0.4 is 10.6 Å². The summed E-state index contributed by atoms with van der Waals surface area (Å²) in [7, 11) is 2.02. The molecule has 2 nitrogen and oxygen atoms in total. The molecule has 2 N–H and O–H groups in total. The molecule has 0 amide bonds. The number of nitrogen functional groups attached to an aromatic ring is 1. The lowest BCUT2D eigenvalue weighted by molar-refractivity contribution is 0.767. The maximum atomic E-state index is 6.08. The van der Waals surface area contributed by atoms with Gasteiger partial charge in [0.2, 0.25) is 0 Å². The molecular formula is C11H17ClN2. The minimum absolute atomic E-state index is 0.726. The summed E-state index contributed by atoms with van der Waals surface area (Å²) in [5, 5.41) is 0.726. The third-order valence-corrected chi connectivity index (χ3v) is 2.55. The van der Waals surface area contributed by atoms with Gasteiger partial charge < -0.3 is 10.6 Å². The highest BCUT2D eigenvalue weighted by atomic mass is 35.5. The molecule has 0 bridgehead atoms. The summed E-state index contributed by atoms with van der Waals surface area (Å²) < 4.78 is 0. The third-order valence-electron chi connectivity index (χ3n) is 2.25. The Morgan fingerprint density at radius 1 is 1.43 bits per heavy atom. The van der Waals surface area contributed by atoms with Crippen LogP contribution in [0.3, 0.4) is 0 Å². The molecule has 3 heteroatoms. The fourth-order valence-corrected chi connectivity index (χ4v) is 1.77. The standard InChI is InChI=1S/C11H17ClN2/c1-3-4-8-14(2)11-9(12)6-5-7-10(11)13/h5-7H,3-4,8,13H2,1-2H3. The Morgan fingerprint density at radius 3 is 2.71 bits per heavy atom. The molecule has 1 rings (SSSR count). The van der Waals surface area contributed by atoms with Crippen LogP contribution in [0.15, 0.2) is 18.2 Å². The molecule has 0 saturated carbocycles. The lowest BCUT2D eigenvalue weighted by Gasteiger charge is -2.21. The highest BCUT2D eigenvalue weighted by Gasteiger charge is 2.08. The normalized spacial score (nSPS) is 10.2. The second-order valence-electron chi connectivity index (χ2n) is 3.45. The van der Waals surface area contributed by atoms with Crippen LogP contribution in [0.5, 0.6) is 0 Å². The quantitative estimate of drug-likeness (QED) is 0.777. The maximum Gasteiger partial charge on any atom is 0.0786 e. The van der Waals surface area contributed by atoms with Crippen LogP contribution in [0.25, 0.3) is 0 Å². The maximum absolute atomic E-state index is 6.08. The van der Waals surface area contributed by atoms with Gasteiger partial charge in [-0.3, -0.25) is 0 Å². The number of hydrogen-bond donors (Lipinski definition) is 1. The van der Waals surface area contributed by atoms with Gasteiger partial charge in [-0.1, -0.05) is 31.0 Å². The van der Waals surface area contributed by atoms with E-state index < -0.39 is 0 Å². The molecule has 0 radical (unpaired) electrons. The highest BCUT2D eigenvalue weighted by molar-refractivity contribution is 6.33. The number of hydrogen-bond acceptors (Lipinski definition) is 2. The molecule has 0 aliphatic rings. The fourth-order valence-electron chi connectivity index (χ4n) is 1.44. The molecule has 0 heterocycles. The van der Waals surface area contributed by atoms with Gasteiger partial charge in [-0.25, -0.2) is 0 Å². The number of halogens is 1. The lowest BCUT2D eigenvalue weighted by atomic mass is 10.2. The molecule has 1 aromatic carbocycles. The molecule has 0 aliphatic carbocycles. The smallest absolute Gasteiger partial charge is 0.0786 e. The zero-order valence-corrected chi connectivity index (χ0v) is 9.51. The predicted octanol–water partition coefficient (Wildman–Crippen LogP) is 3.16. The van der Waals surface area contributed by atoms with Crippen molar-refractivity contribution in [1.82, 2.24) is 0 Å². The van der Waals surface area contributed by atoms with Gasteiger partial charge in [0.05, 0.1) is 16.4 Å². The fraction of sp³-hybridized carbons (Fsp3) is 0.455. The summed E-state index contributed by atoms with van der Waals surface area (Å²) in [6.45, 7) is 3.16. The number of unbranched alkanes of at least 4 members (excludes halogenated alkanes) is 1. The van der Waals surface area contributed by atoms with E-state index in [1.165, 1.54) is 6.42 Å². The van der Waals surface area contributed by atoms with Crippen LogP contribution >= 0.6 is 11.6 Å². The summed E-state index contributed by atoms with van der Waals surface area (Å²) >= 11 is 6.08. The zero-order chi connectivity index (χ0) is 10.6. The van der Waals surface area contributed by atoms with E-state index in [2.05, 4.69) is 11.8 Å². The van der Waals surface area contributed by atoms with Crippen LogP contribution in [0, 0.1) is 0 Å². The van der Waals surface area contributed by atoms with Crippen molar-refractivity contribution < 1.29 is 0 Å². The molecule has 0 aromatic heterocycles. The van der Waals surface area contributed by atoms with Crippen molar-refractivity contribution in [2.24, 2.45) is 0 Å². The van der Waals surface area contributed by atoms with Gasteiger partial charge in [0.1, 0.15) is 0 Å². The number of benzene rings is 1. The van der Waals surface area contributed by atoms with Gasteiger partial charge in [0.15, 0.2) is 0 Å². The van der Waals surface area contributed by atoms with E-state index in [1.807, 2.05) is 25.2 Å². The van der Waals surface area contributed by atoms with Crippen LogP contribution in [-0.2, 0) is 0 Å². The molecule has 14 heavy (non-hydrogen) atoms. The molecule has 0 aliphatic heterocycles. The van der Waals surface area contributed by atoms with E-state index >= 15 is 0 Å². The first-order valence-corrected chi connectivity index (χ1v) is 5.29. The molecule has 0 unspecified atom stereocenters. The average Bonchev–Trinajstić information content (AvgIpc) is 2.14. The van der Waals surface area contributed by atoms with Gasteiger partial charge in [-0.05, 0) is 18.6 Å². The second-order valence-corrected chi connectivity index (χ2v) is 3.86. The van der Waals surface area contributed by atoms with Crippen molar-refractivity contribution in [3.63, 3.8) is 0 Å². The lowest BCUT2D eigenvalue weighted by Crippen LogP contribution is -2.19. The Bertz CT molecular complexity index is 279. The van der Waals surface area contributed by atoms with Crippen molar-refractivity contribution >= 4 is 23.0 Å². The predicted molar refractivity (Wildman–Crippen MR) is 64.0 cm³/mol. The minimum Gasteiger partial charge on any atom is -0.397 e. The van der Waals surface area contributed by atoms with E-state index in [1.54, 1.807) is 0 Å².